The summed E-state index contributed by atoms with van der Waals surface area (Å²) >= 11 is 0. The molecule has 0 saturated heterocycles. The summed E-state index contributed by atoms with van der Waals surface area (Å²) in [4.78, 5) is 29.6. The average Bonchev–Trinajstić information content (AvgIpc) is 3.38. The van der Waals surface area contributed by atoms with Crippen LogP contribution in [0.5, 0.6) is 11.5 Å². The lowest BCUT2D eigenvalue weighted by atomic mass is 9.93. The molecule has 1 atom stereocenters. The maximum absolute atomic E-state index is 14.0. The van der Waals surface area contributed by atoms with Gasteiger partial charge in [0.2, 0.25) is 12.7 Å². The molecule has 35 heavy (non-hydrogen) atoms. The van der Waals surface area contributed by atoms with Gasteiger partial charge in [-0.2, -0.15) is 0 Å². The van der Waals surface area contributed by atoms with Gasteiger partial charge in [-0.1, -0.05) is 49.9 Å². The van der Waals surface area contributed by atoms with Crippen LogP contribution in [0.1, 0.15) is 61.5 Å². The summed E-state index contributed by atoms with van der Waals surface area (Å²) in [5.41, 5.74) is 1.47. The first-order valence-electron chi connectivity index (χ1n) is 12.6. The van der Waals surface area contributed by atoms with E-state index in [-0.39, 0.29) is 24.6 Å². The van der Waals surface area contributed by atoms with Gasteiger partial charge in [-0.25, -0.2) is 0 Å². The van der Waals surface area contributed by atoms with Crippen LogP contribution in [0.3, 0.4) is 0 Å². The molecule has 0 unspecified atom stereocenters. The Morgan fingerprint density at radius 3 is 2.63 bits per heavy atom. The summed E-state index contributed by atoms with van der Waals surface area (Å²) in [6, 6.07) is 15.8. The Morgan fingerprint density at radius 2 is 1.80 bits per heavy atom. The van der Waals surface area contributed by atoms with Gasteiger partial charge in [0.15, 0.2) is 11.5 Å². The van der Waals surface area contributed by atoms with Gasteiger partial charge in [-0.15, -0.1) is 0 Å². The Morgan fingerprint density at radius 1 is 1.03 bits per heavy atom. The van der Waals surface area contributed by atoms with Crippen molar-refractivity contribution < 1.29 is 19.1 Å². The predicted octanol–water partition coefficient (Wildman–Crippen LogP) is 4.62. The number of carbonyl (C=O) groups is 2. The van der Waals surface area contributed by atoms with Crippen molar-refractivity contribution in [2.45, 2.75) is 70.1 Å². The molecule has 0 spiro atoms. The lowest BCUT2D eigenvalue weighted by Crippen LogP contribution is -2.64. The molecule has 1 saturated carbocycles. The van der Waals surface area contributed by atoms with Crippen molar-refractivity contribution in [2.75, 3.05) is 6.79 Å². The van der Waals surface area contributed by atoms with Gasteiger partial charge < -0.3 is 24.3 Å². The minimum Gasteiger partial charge on any atom is -0.454 e. The second kappa shape index (κ2) is 8.63. The molecular formula is C28H31N3O4. The normalized spacial score (nSPS) is 22.2. The topological polar surface area (TPSA) is 72.8 Å². The first kappa shape index (κ1) is 22.0. The molecular weight excluding hydrogens is 442 g/mol. The maximum Gasteiger partial charge on any atom is 0.271 e. The average molecular weight is 474 g/mol. The molecule has 7 nitrogen and oxygen atoms in total. The molecule has 3 aromatic rings. The van der Waals surface area contributed by atoms with Crippen LogP contribution in [0.25, 0.3) is 10.9 Å². The monoisotopic (exact) mass is 473 g/mol. The molecule has 3 aliphatic rings. The van der Waals surface area contributed by atoms with Crippen molar-refractivity contribution in [2.24, 2.45) is 0 Å². The highest BCUT2D eigenvalue weighted by Crippen LogP contribution is 2.36. The lowest BCUT2D eigenvalue weighted by Gasteiger charge is -2.44. The molecule has 3 heterocycles. The molecule has 1 fully saturated rings. The Balaban J connectivity index is 1.38. The summed E-state index contributed by atoms with van der Waals surface area (Å²) < 4.78 is 13.0. The fourth-order valence-electron chi connectivity index (χ4n) is 5.74. The molecule has 2 amide bonds. The van der Waals surface area contributed by atoms with Crippen LogP contribution in [-0.2, 0) is 17.9 Å². The number of fused-ring (bicyclic) bond motifs is 4. The third-order valence-electron chi connectivity index (χ3n) is 7.79. The minimum atomic E-state index is -1.03. The summed E-state index contributed by atoms with van der Waals surface area (Å²) in [6.07, 6.45) is 6.70. The second-order valence-electron chi connectivity index (χ2n) is 10.2. The zero-order valence-corrected chi connectivity index (χ0v) is 20.1. The molecule has 1 aliphatic carbocycles. The molecule has 1 N–H and O–H groups in total. The van der Waals surface area contributed by atoms with Crippen LogP contribution in [0.15, 0.2) is 48.5 Å². The highest BCUT2D eigenvalue weighted by Gasteiger charge is 2.48. The van der Waals surface area contributed by atoms with Gasteiger partial charge in [0.1, 0.15) is 11.2 Å². The number of hydrogen-bond acceptors (Lipinski definition) is 4. The van der Waals surface area contributed by atoms with Crippen LogP contribution in [0.4, 0.5) is 0 Å². The number of amides is 2. The van der Waals surface area contributed by atoms with E-state index in [1.165, 1.54) is 12.8 Å². The molecule has 6 rings (SSSR count). The fourth-order valence-corrected chi connectivity index (χ4v) is 5.74. The summed E-state index contributed by atoms with van der Waals surface area (Å²) in [5.74, 6) is 1.16. The minimum absolute atomic E-state index is 0.0816. The Bertz CT molecular complexity index is 1290. The lowest BCUT2D eigenvalue weighted by molar-refractivity contribution is -0.134. The van der Waals surface area contributed by atoms with Crippen LogP contribution in [0.2, 0.25) is 0 Å². The number of nitrogens with zero attached hydrogens (tertiary/aromatic N) is 2. The molecule has 0 bridgehead atoms. The molecule has 0 radical (unpaired) electrons. The molecule has 2 aliphatic heterocycles. The highest BCUT2D eigenvalue weighted by atomic mass is 16.7. The van der Waals surface area contributed by atoms with Crippen molar-refractivity contribution in [1.82, 2.24) is 14.8 Å². The fraction of sp³-hybridized carbons (Fsp3) is 0.429. The maximum atomic E-state index is 14.0. The van der Waals surface area contributed by atoms with Gasteiger partial charge in [-0.05, 0) is 49.6 Å². The Kier molecular flexibility index (Phi) is 5.43. The van der Waals surface area contributed by atoms with Crippen LogP contribution < -0.4 is 14.8 Å². The number of carbonyl (C=O) groups excluding carboxylic acids is 2. The molecule has 1 aromatic heterocycles. The van der Waals surface area contributed by atoms with Crippen LogP contribution in [-0.4, -0.2) is 39.7 Å². The Hall–Kier alpha value is -3.48. The van der Waals surface area contributed by atoms with Gasteiger partial charge in [0.25, 0.3) is 5.91 Å². The summed E-state index contributed by atoms with van der Waals surface area (Å²) in [5, 5.41) is 4.33. The largest absolute Gasteiger partial charge is 0.454 e. The van der Waals surface area contributed by atoms with Crippen LogP contribution in [0, 0.1) is 0 Å². The number of benzene rings is 2. The Labute approximate surface area is 205 Å². The summed E-state index contributed by atoms with van der Waals surface area (Å²) in [7, 11) is 0. The SMILES string of the molecule is C[C@]1(C(=O)NC2CCCCCC2)Cn2c(cc3ccccc32)C(=O)N1Cc1ccc2c(c1)OCO2. The van der Waals surface area contributed by atoms with E-state index in [0.717, 1.165) is 42.1 Å². The number of nitrogens with one attached hydrogen (secondary N) is 1. The molecule has 7 heteroatoms. The van der Waals surface area contributed by atoms with Gasteiger partial charge >= 0.3 is 0 Å². The van der Waals surface area contributed by atoms with E-state index in [1.807, 2.05) is 60.0 Å². The van der Waals surface area contributed by atoms with Gasteiger partial charge in [0.05, 0.1) is 6.54 Å². The van der Waals surface area contributed by atoms with E-state index in [4.69, 9.17) is 9.47 Å². The van der Waals surface area contributed by atoms with E-state index >= 15 is 0 Å². The van der Waals surface area contributed by atoms with E-state index < -0.39 is 5.54 Å². The van der Waals surface area contributed by atoms with Crippen LogP contribution >= 0.6 is 0 Å². The number of hydrogen-bond donors (Lipinski definition) is 1. The third kappa shape index (κ3) is 3.83. The standard InChI is InChI=1S/C28H31N3O4/c1-28(27(33)29-21-9-4-2-3-5-10-21)17-30-22-11-7-6-8-20(22)15-23(30)26(32)31(28)16-19-12-13-24-25(14-19)35-18-34-24/h6-8,11-15,21H,2-5,9-10,16-18H2,1H3,(H,29,33)/t28-/m1/s1. The van der Waals surface area contributed by atoms with Crippen molar-refractivity contribution >= 4 is 22.7 Å². The van der Waals surface area contributed by atoms with Crippen molar-refractivity contribution in [3.63, 3.8) is 0 Å². The second-order valence-corrected chi connectivity index (χ2v) is 10.2. The van der Waals surface area contributed by atoms with Gasteiger partial charge in [-0.3, -0.25) is 9.59 Å². The van der Waals surface area contributed by atoms with E-state index in [9.17, 15) is 9.59 Å². The first-order valence-corrected chi connectivity index (χ1v) is 12.6. The zero-order chi connectivity index (χ0) is 24.0. The number of rotatable bonds is 4. The van der Waals surface area contributed by atoms with Crippen molar-refractivity contribution in [1.29, 1.82) is 0 Å². The highest BCUT2D eigenvalue weighted by molar-refractivity contribution is 6.03. The van der Waals surface area contributed by atoms with E-state index in [1.54, 1.807) is 4.90 Å². The van der Waals surface area contributed by atoms with E-state index in [2.05, 4.69) is 5.32 Å². The van der Waals surface area contributed by atoms with Gasteiger partial charge in [0, 0.05) is 23.5 Å². The first-order chi connectivity index (χ1) is 17.0. The van der Waals surface area contributed by atoms with E-state index in [0.29, 0.717) is 30.3 Å². The third-order valence-corrected chi connectivity index (χ3v) is 7.79. The van der Waals surface area contributed by atoms with Crippen molar-refractivity contribution in [3.8, 4) is 11.5 Å². The van der Waals surface area contributed by atoms with Crippen molar-refractivity contribution in [3.05, 3.63) is 59.8 Å². The summed E-state index contributed by atoms with van der Waals surface area (Å²) in [6.45, 7) is 2.82. The number of para-hydroxylation sites is 1. The molecule has 182 valence electrons. The zero-order valence-electron chi connectivity index (χ0n) is 20.1. The quantitative estimate of drug-likeness (QED) is 0.561. The molecule has 2 aromatic carbocycles. The smallest absolute Gasteiger partial charge is 0.271 e. The number of ether oxygens (including phenoxy) is 2. The number of aromatic nitrogens is 1. The predicted molar refractivity (Wildman–Crippen MR) is 132 cm³/mol.